The summed E-state index contributed by atoms with van der Waals surface area (Å²) in [7, 11) is -3.04. The smallest absolute Gasteiger partial charge is 0.411 e. The van der Waals surface area contributed by atoms with Crippen LogP contribution < -0.4 is 15.7 Å². The van der Waals surface area contributed by atoms with Crippen LogP contribution in [-0.4, -0.2) is 57.7 Å². The van der Waals surface area contributed by atoms with Gasteiger partial charge >= 0.3 is 12.1 Å². The number of rotatable bonds is 9. The fourth-order valence-corrected chi connectivity index (χ4v) is 11.6. The molecule has 6 rings (SSSR count). The SMILES string of the molecule is C=C1[C@H](COC(=O)c2ccccc2)[C@@H](O[Si](c2ccccc2)(c2ccccc2)C(C)(C)C)C[C@@H]1n1cnc2c(Cl)nc(NC(=O)O)nc21. The molecule has 0 spiro atoms. The number of anilines is 1. The molecule has 0 saturated heterocycles. The molecule has 1 saturated carbocycles. The number of hydrogen-bond acceptors (Lipinski definition) is 7. The zero-order valence-corrected chi connectivity index (χ0v) is 28.6. The highest BCUT2D eigenvalue weighted by atomic mass is 35.5. The van der Waals surface area contributed by atoms with Gasteiger partial charge in [-0.3, -0.25) is 5.32 Å². The van der Waals surface area contributed by atoms with Crippen molar-refractivity contribution in [2.75, 3.05) is 11.9 Å². The molecule has 5 aromatic rings. The van der Waals surface area contributed by atoms with Crippen LogP contribution in [0.2, 0.25) is 10.2 Å². The number of carboxylic acid groups (broad SMARTS) is 1. The summed E-state index contributed by atoms with van der Waals surface area (Å²) >= 11 is 6.42. The lowest BCUT2D eigenvalue weighted by atomic mass is 10.0. The molecule has 1 amide bonds. The summed E-state index contributed by atoms with van der Waals surface area (Å²) in [6.45, 7) is 11.2. The van der Waals surface area contributed by atoms with Crippen LogP contribution in [0.5, 0.6) is 0 Å². The van der Waals surface area contributed by atoms with Gasteiger partial charge in [0.05, 0.1) is 24.0 Å². The van der Waals surface area contributed by atoms with Gasteiger partial charge in [0.25, 0.3) is 8.32 Å². The van der Waals surface area contributed by atoms with Crippen LogP contribution >= 0.6 is 11.6 Å². The topological polar surface area (TPSA) is 128 Å². The minimum atomic E-state index is -3.04. The van der Waals surface area contributed by atoms with Gasteiger partial charge in [-0.25, -0.2) is 14.6 Å². The molecule has 0 radical (unpaired) electrons. The highest BCUT2D eigenvalue weighted by Gasteiger charge is 2.54. The first-order valence-electron chi connectivity index (χ1n) is 15.6. The second-order valence-electron chi connectivity index (χ2n) is 12.8. The van der Waals surface area contributed by atoms with E-state index in [4.69, 9.17) is 20.8 Å². The molecule has 1 aliphatic carbocycles. The Hall–Kier alpha value is -4.84. The van der Waals surface area contributed by atoms with Crippen LogP contribution in [0.1, 0.15) is 43.6 Å². The van der Waals surface area contributed by atoms with E-state index in [1.54, 1.807) is 30.6 Å². The lowest BCUT2D eigenvalue weighted by Gasteiger charge is -2.45. The predicted molar refractivity (Wildman–Crippen MR) is 187 cm³/mol. The predicted octanol–water partition coefficient (Wildman–Crippen LogP) is 6.49. The first-order chi connectivity index (χ1) is 23.0. The second kappa shape index (κ2) is 13.3. The first kappa shape index (κ1) is 33.1. The van der Waals surface area contributed by atoms with Crippen LogP contribution in [0.3, 0.4) is 0 Å². The zero-order chi connectivity index (χ0) is 34.1. The average molecular weight is 682 g/mol. The maximum absolute atomic E-state index is 13.2. The normalized spacial score (nSPS) is 18.2. The van der Waals surface area contributed by atoms with Crippen molar-refractivity contribution in [2.45, 2.75) is 44.4 Å². The minimum Gasteiger partial charge on any atom is -0.465 e. The summed E-state index contributed by atoms with van der Waals surface area (Å²) < 4.78 is 15.4. The van der Waals surface area contributed by atoms with Crippen LogP contribution in [0.15, 0.2) is 109 Å². The lowest BCUT2D eigenvalue weighted by molar-refractivity contribution is 0.0365. The molecular formula is C36H36ClN5O5Si. The monoisotopic (exact) mass is 681 g/mol. The molecule has 3 atom stereocenters. The molecule has 2 N–H and O–H groups in total. The van der Waals surface area contributed by atoms with Crippen molar-refractivity contribution in [3.8, 4) is 0 Å². The second-order valence-corrected chi connectivity index (χ2v) is 17.4. The van der Waals surface area contributed by atoms with Crippen LogP contribution in [0.4, 0.5) is 10.7 Å². The molecule has 2 aromatic heterocycles. The van der Waals surface area contributed by atoms with Crippen molar-refractivity contribution in [1.82, 2.24) is 19.5 Å². The van der Waals surface area contributed by atoms with Gasteiger partial charge in [-0.2, -0.15) is 9.97 Å². The number of imidazole rings is 1. The van der Waals surface area contributed by atoms with Gasteiger partial charge in [0.1, 0.15) is 12.1 Å². The Morgan fingerprint density at radius 1 is 0.979 bits per heavy atom. The maximum Gasteiger partial charge on any atom is 0.411 e. The van der Waals surface area contributed by atoms with E-state index in [0.717, 1.165) is 15.9 Å². The summed E-state index contributed by atoms with van der Waals surface area (Å²) in [6.07, 6.45) is 0.319. The van der Waals surface area contributed by atoms with Crippen molar-refractivity contribution in [3.05, 3.63) is 120 Å². The molecular weight excluding hydrogens is 646 g/mol. The van der Waals surface area contributed by atoms with Crippen LogP contribution in [-0.2, 0) is 9.16 Å². The number of hydrogen-bond donors (Lipinski definition) is 2. The fourth-order valence-electron chi connectivity index (χ4n) is 6.66. The molecule has 0 aliphatic heterocycles. The Morgan fingerprint density at radius 3 is 2.12 bits per heavy atom. The quantitative estimate of drug-likeness (QED) is 0.0782. The van der Waals surface area contributed by atoms with Gasteiger partial charge in [-0.1, -0.05) is 118 Å². The van der Waals surface area contributed by atoms with Gasteiger partial charge in [0.15, 0.2) is 10.8 Å². The standard InChI is InChI=1S/C36H36ClN5O5Si/c1-23-27(21-46-33(43)24-14-8-5-9-15-24)29(20-28(23)42-22-38-30-31(37)39-34(40-32(30)42)41-35(44)45)47-48(36(2,3)4,25-16-10-6-11-17-25)26-18-12-7-13-19-26/h5-19,22,27-29H,1,20-21H2,2-4H3,(H,44,45)(H,39,40,41)/t27-,28-,29-/m0/s1. The highest BCUT2D eigenvalue weighted by Crippen LogP contribution is 2.46. The molecule has 0 bridgehead atoms. The van der Waals surface area contributed by atoms with E-state index in [-0.39, 0.29) is 28.8 Å². The summed E-state index contributed by atoms with van der Waals surface area (Å²) in [5.74, 6) is -0.998. The van der Waals surface area contributed by atoms with E-state index in [1.807, 2.05) is 47.0 Å². The maximum atomic E-state index is 13.2. The van der Waals surface area contributed by atoms with Crippen molar-refractivity contribution in [2.24, 2.45) is 5.92 Å². The number of aromatic nitrogens is 4. The van der Waals surface area contributed by atoms with E-state index in [0.29, 0.717) is 23.1 Å². The van der Waals surface area contributed by atoms with Crippen LogP contribution in [0, 0.1) is 5.92 Å². The molecule has 2 heterocycles. The average Bonchev–Trinajstić information content (AvgIpc) is 3.63. The molecule has 1 fully saturated rings. The molecule has 3 aromatic carbocycles. The largest absolute Gasteiger partial charge is 0.465 e. The lowest BCUT2D eigenvalue weighted by Crippen LogP contribution is -2.68. The molecule has 48 heavy (non-hydrogen) atoms. The van der Waals surface area contributed by atoms with Gasteiger partial charge in [-0.15, -0.1) is 0 Å². The van der Waals surface area contributed by atoms with Crippen molar-refractivity contribution < 1.29 is 23.9 Å². The third kappa shape index (κ3) is 6.24. The Labute approximate surface area is 284 Å². The molecule has 1 aliphatic rings. The molecule has 10 nitrogen and oxygen atoms in total. The number of nitrogens with one attached hydrogen (secondary N) is 1. The third-order valence-electron chi connectivity index (χ3n) is 8.89. The van der Waals surface area contributed by atoms with Crippen molar-refractivity contribution in [3.63, 3.8) is 0 Å². The van der Waals surface area contributed by atoms with E-state index in [2.05, 4.69) is 71.9 Å². The Balaban J connectivity index is 1.45. The summed E-state index contributed by atoms with van der Waals surface area (Å²) in [5.41, 5.74) is 1.88. The van der Waals surface area contributed by atoms with E-state index in [9.17, 15) is 14.7 Å². The first-order valence-corrected chi connectivity index (χ1v) is 17.9. The minimum absolute atomic E-state index is 0.0135. The highest BCUT2D eigenvalue weighted by molar-refractivity contribution is 6.99. The molecule has 246 valence electrons. The van der Waals surface area contributed by atoms with Gasteiger partial charge in [0, 0.05) is 5.92 Å². The Kier molecular flexibility index (Phi) is 9.19. The number of esters is 1. The molecule has 0 unspecified atom stereocenters. The number of carbonyl (C=O) groups is 2. The zero-order valence-electron chi connectivity index (χ0n) is 26.8. The van der Waals surface area contributed by atoms with Crippen LogP contribution in [0.25, 0.3) is 11.2 Å². The third-order valence-corrected chi connectivity index (χ3v) is 14.2. The fraction of sp³-hybridized carbons (Fsp3) is 0.250. The van der Waals surface area contributed by atoms with Crippen molar-refractivity contribution in [1.29, 1.82) is 0 Å². The van der Waals surface area contributed by atoms with Gasteiger partial charge in [-0.05, 0) is 39.5 Å². The van der Waals surface area contributed by atoms with Crippen molar-refractivity contribution >= 4 is 59.5 Å². The summed E-state index contributed by atoms with van der Waals surface area (Å²) in [6, 6.07) is 29.2. The number of ether oxygens (including phenoxy) is 1. The summed E-state index contributed by atoms with van der Waals surface area (Å²) in [4.78, 5) is 37.5. The number of benzene rings is 3. The molecule has 12 heteroatoms. The number of carbonyl (C=O) groups excluding carboxylic acids is 1. The number of nitrogens with zero attached hydrogens (tertiary/aromatic N) is 4. The number of fused-ring (bicyclic) bond motifs is 1. The number of amides is 1. The van der Waals surface area contributed by atoms with E-state index >= 15 is 0 Å². The Morgan fingerprint density at radius 2 is 1.56 bits per heavy atom. The number of halogens is 1. The Bertz CT molecular complexity index is 1910. The van der Waals surface area contributed by atoms with Gasteiger partial charge < -0.3 is 18.8 Å². The van der Waals surface area contributed by atoms with E-state index < -0.39 is 32.4 Å². The van der Waals surface area contributed by atoms with E-state index in [1.165, 1.54) is 0 Å². The van der Waals surface area contributed by atoms with Gasteiger partial charge in [0.2, 0.25) is 5.95 Å². The summed E-state index contributed by atoms with van der Waals surface area (Å²) in [5, 5.41) is 13.4.